The van der Waals surface area contributed by atoms with Crippen molar-refractivity contribution in [2.24, 2.45) is 0 Å². The largest absolute Gasteiger partial charge is 0.350 e. The number of halogens is 1. The molecule has 0 aliphatic rings. The quantitative estimate of drug-likeness (QED) is 0.548. The van der Waals surface area contributed by atoms with E-state index in [1.54, 1.807) is 12.1 Å². The molecule has 4 aromatic rings. The Morgan fingerprint density at radius 1 is 1.12 bits per heavy atom. The van der Waals surface area contributed by atoms with E-state index in [-0.39, 0.29) is 5.91 Å². The van der Waals surface area contributed by atoms with Crippen LogP contribution in [0, 0.1) is 0 Å². The van der Waals surface area contributed by atoms with Crippen molar-refractivity contribution >= 4 is 32.7 Å². The SMILES string of the molecule is O=C(NCCn1ccc2cc(Br)ccc21)c1ccc(-n2cnnn2)cc1. The molecule has 8 heteroatoms. The summed E-state index contributed by atoms with van der Waals surface area (Å²) in [4.78, 5) is 12.3. The van der Waals surface area contributed by atoms with Gasteiger partial charge in [-0.3, -0.25) is 4.79 Å². The van der Waals surface area contributed by atoms with Crippen molar-refractivity contribution in [1.29, 1.82) is 0 Å². The fourth-order valence-corrected chi connectivity index (χ4v) is 3.18. The van der Waals surface area contributed by atoms with Crippen LogP contribution in [0.2, 0.25) is 0 Å². The molecule has 1 N–H and O–H groups in total. The Morgan fingerprint density at radius 2 is 1.96 bits per heavy atom. The Kier molecular flexibility index (Phi) is 4.49. The van der Waals surface area contributed by atoms with E-state index in [0.29, 0.717) is 18.7 Å². The molecule has 0 radical (unpaired) electrons. The van der Waals surface area contributed by atoms with Crippen molar-refractivity contribution in [3.8, 4) is 5.69 Å². The molecule has 2 aromatic carbocycles. The number of hydrogen-bond acceptors (Lipinski definition) is 4. The monoisotopic (exact) mass is 410 g/mol. The molecular weight excluding hydrogens is 396 g/mol. The Balaban J connectivity index is 1.37. The third-order valence-corrected chi connectivity index (χ3v) is 4.61. The number of aromatic nitrogens is 5. The highest BCUT2D eigenvalue weighted by Crippen LogP contribution is 2.20. The predicted octanol–water partition coefficient (Wildman–Crippen LogP) is 2.81. The van der Waals surface area contributed by atoms with Crippen molar-refractivity contribution < 1.29 is 4.79 Å². The molecule has 2 aromatic heterocycles. The molecular formula is C18H15BrN6O. The Labute approximate surface area is 157 Å². The minimum absolute atomic E-state index is 0.104. The van der Waals surface area contributed by atoms with Crippen LogP contribution in [0.5, 0.6) is 0 Å². The van der Waals surface area contributed by atoms with Gasteiger partial charge in [0.2, 0.25) is 0 Å². The number of nitrogens with one attached hydrogen (secondary N) is 1. The minimum atomic E-state index is -0.104. The normalized spacial score (nSPS) is 11.0. The number of tetrazole rings is 1. The molecule has 7 nitrogen and oxygen atoms in total. The van der Waals surface area contributed by atoms with Crippen molar-refractivity contribution in [2.45, 2.75) is 6.54 Å². The summed E-state index contributed by atoms with van der Waals surface area (Å²) in [5.74, 6) is -0.104. The number of hydrogen-bond donors (Lipinski definition) is 1. The average molecular weight is 411 g/mol. The number of amides is 1. The number of carbonyl (C=O) groups is 1. The summed E-state index contributed by atoms with van der Waals surface area (Å²) in [6.45, 7) is 1.26. The van der Waals surface area contributed by atoms with E-state index in [4.69, 9.17) is 0 Å². The lowest BCUT2D eigenvalue weighted by Gasteiger charge is -2.08. The van der Waals surface area contributed by atoms with Gasteiger partial charge in [-0.2, -0.15) is 0 Å². The van der Waals surface area contributed by atoms with Crippen LogP contribution in [-0.2, 0) is 6.54 Å². The lowest BCUT2D eigenvalue weighted by molar-refractivity contribution is 0.0952. The third-order valence-electron chi connectivity index (χ3n) is 4.11. The standard InChI is InChI=1S/C18H15BrN6O/c19-15-3-6-17-14(11-15)7-9-24(17)10-8-20-18(26)13-1-4-16(5-2-13)25-12-21-22-23-25/h1-7,9,11-12H,8,10H2,(H,20,26). The Hall–Kier alpha value is -3.00. The zero-order chi connectivity index (χ0) is 17.9. The molecule has 1 amide bonds. The van der Waals surface area contributed by atoms with Gasteiger partial charge in [0.1, 0.15) is 6.33 Å². The van der Waals surface area contributed by atoms with E-state index in [1.165, 1.54) is 16.4 Å². The smallest absolute Gasteiger partial charge is 0.251 e. The molecule has 2 heterocycles. The number of rotatable bonds is 5. The highest BCUT2D eigenvalue weighted by atomic mass is 79.9. The van der Waals surface area contributed by atoms with E-state index in [2.05, 4.69) is 59.5 Å². The second-order valence-corrected chi connectivity index (χ2v) is 6.69. The summed E-state index contributed by atoms with van der Waals surface area (Å²) in [6.07, 6.45) is 3.54. The molecule has 0 atom stereocenters. The van der Waals surface area contributed by atoms with E-state index in [0.717, 1.165) is 15.7 Å². The molecule has 0 spiro atoms. The molecule has 0 fully saturated rings. The summed E-state index contributed by atoms with van der Waals surface area (Å²) in [5, 5.41) is 15.1. The lowest BCUT2D eigenvalue weighted by Crippen LogP contribution is -2.27. The van der Waals surface area contributed by atoms with E-state index >= 15 is 0 Å². The number of benzene rings is 2. The first-order chi connectivity index (χ1) is 12.7. The zero-order valence-electron chi connectivity index (χ0n) is 13.7. The molecule has 130 valence electrons. The molecule has 0 saturated carbocycles. The molecule has 0 aliphatic heterocycles. The average Bonchev–Trinajstić information content (AvgIpc) is 3.32. The first kappa shape index (κ1) is 16.5. The minimum Gasteiger partial charge on any atom is -0.350 e. The molecule has 0 unspecified atom stereocenters. The van der Waals surface area contributed by atoms with Gasteiger partial charge in [-0.15, -0.1) is 5.10 Å². The topological polar surface area (TPSA) is 77.6 Å². The number of fused-ring (bicyclic) bond motifs is 1. The van der Waals surface area contributed by atoms with Crippen LogP contribution in [0.1, 0.15) is 10.4 Å². The van der Waals surface area contributed by atoms with Gasteiger partial charge in [0.15, 0.2) is 0 Å². The summed E-state index contributed by atoms with van der Waals surface area (Å²) >= 11 is 3.48. The molecule has 0 aliphatic carbocycles. The zero-order valence-corrected chi connectivity index (χ0v) is 15.3. The summed E-state index contributed by atoms with van der Waals surface area (Å²) in [7, 11) is 0. The maximum atomic E-state index is 12.3. The van der Waals surface area contributed by atoms with Crippen LogP contribution in [0.4, 0.5) is 0 Å². The fourth-order valence-electron chi connectivity index (χ4n) is 2.80. The highest BCUT2D eigenvalue weighted by Gasteiger charge is 2.07. The number of nitrogens with zero attached hydrogens (tertiary/aromatic N) is 5. The van der Waals surface area contributed by atoms with Gasteiger partial charge in [-0.25, -0.2) is 4.68 Å². The molecule has 4 rings (SSSR count). The van der Waals surface area contributed by atoms with E-state index in [1.807, 2.05) is 24.4 Å². The van der Waals surface area contributed by atoms with Crippen molar-refractivity contribution in [2.75, 3.05) is 6.54 Å². The van der Waals surface area contributed by atoms with Crippen LogP contribution in [-0.4, -0.2) is 37.2 Å². The Morgan fingerprint density at radius 3 is 2.73 bits per heavy atom. The highest BCUT2D eigenvalue weighted by molar-refractivity contribution is 9.10. The summed E-state index contributed by atoms with van der Waals surface area (Å²) in [5.41, 5.74) is 2.55. The fraction of sp³-hybridized carbons (Fsp3) is 0.111. The second-order valence-electron chi connectivity index (χ2n) is 5.77. The van der Waals surface area contributed by atoms with Crippen LogP contribution in [0.15, 0.2) is 65.5 Å². The van der Waals surface area contributed by atoms with Gasteiger partial charge in [0, 0.05) is 40.2 Å². The van der Waals surface area contributed by atoms with Gasteiger partial charge in [0.25, 0.3) is 5.91 Å². The summed E-state index contributed by atoms with van der Waals surface area (Å²) in [6, 6.07) is 15.4. The van der Waals surface area contributed by atoms with Gasteiger partial charge in [0.05, 0.1) is 5.69 Å². The van der Waals surface area contributed by atoms with E-state index < -0.39 is 0 Å². The predicted molar refractivity (Wildman–Crippen MR) is 101 cm³/mol. The molecule has 0 saturated heterocycles. The Bertz CT molecular complexity index is 1040. The van der Waals surface area contributed by atoms with Crippen LogP contribution < -0.4 is 5.32 Å². The van der Waals surface area contributed by atoms with Gasteiger partial charge >= 0.3 is 0 Å². The van der Waals surface area contributed by atoms with Crippen molar-refractivity contribution in [3.63, 3.8) is 0 Å². The lowest BCUT2D eigenvalue weighted by atomic mass is 10.2. The van der Waals surface area contributed by atoms with Crippen LogP contribution in [0.3, 0.4) is 0 Å². The first-order valence-corrected chi connectivity index (χ1v) is 8.86. The first-order valence-electron chi connectivity index (χ1n) is 8.07. The van der Waals surface area contributed by atoms with Crippen LogP contribution in [0.25, 0.3) is 16.6 Å². The van der Waals surface area contributed by atoms with Crippen molar-refractivity contribution in [1.82, 2.24) is 30.1 Å². The molecule has 0 bridgehead atoms. The van der Waals surface area contributed by atoms with Crippen molar-refractivity contribution in [3.05, 3.63) is 71.1 Å². The number of carbonyl (C=O) groups excluding carboxylic acids is 1. The maximum Gasteiger partial charge on any atom is 0.251 e. The van der Waals surface area contributed by atoms with Gasteiger partial charge in [-0.05, 0) is 59.0 Å². The second kappa shape index (κ2) is 7.09. The van der Waals surface area contributed by atoms with Gasteiger partial charge < -0.3 is 9.88 Å². The third kappa shape index (κ3) is 3.36. The molecule has 26 heavy (non-hydrogen) atoms. The van der Waals surface area contributed by atoms with Crippen LogP contribution >= 0.6 is 15.9 Å². The summed E-state index contributed by atoms with van der Waals surface area (Å²) < 4.78 is 4.72. The van der Waals surface area contributed by atoms with E-state index in [9.17, 15) is 4.79 Å². The maximum absolute atomic E-state index is 12.3. The van der Waals surface area contributed by atoms with Gasteiger partial charge in [-0.1, -0.05) is 15.9 Å².